The first-order valence-electron chi connectivity index (χ1n) is 6.55. The molecule has 2 aromatic rings. The molecule has 0 fully saturated rings. The van der Waals surface area contributed by atoms with Crippen molar-refractivity contribution in [2.75, 3.05) is 11.9 Å². The molecule has 0 spiro atoms. The van der Waals surface area contributed by atoms with E-state index in [1.807, 2.05) is 13.8 Å². The highest BCUT2D eigenvalue weighted by molar-refractivity contribution is 9.10. The summed E-state index contributed by atoms with van der Waals surface area (Å²) in [6.07, 6.45) is 4.98. The van der Waals surface area contributed by atoms with E-state index < -0.39 is 0 Å². The zero-order valence-corrected chi connectivity index (χ0v) is 13.4. The van der Waals surface area contributed by atoms with Gasteiger partial charge in [-0.05, 0) is 35.8 Å². The summed E-state index contributed by atoms with van der Waals surface area (Å²) in [7, 11) is 0. The molecule has 0 aliphatic rings. The second-order valence-corrected chi connectivity index (χ2v) is 5.33. The van der Waals surface area contributed by atoms with Crippen LogP contribution in [0.1, 0.15) is 28.7 Å². The minimum atomic E-state index is -0.206. The van der Waals surface area contributed by atoms with Crippen molar-refractivity contribution in [2.24, 2.45) is 0 Å². The number of carbonyl (C=O) groups excluding carboxylic acids is 1. The van der Waals surface area contributed by atoms with Gasteiger partial charge in [0.1, 0.15) is 5.82 Å². The van der Waals surface area contributed by atoms with Crippen LogP contribution in [0.25, 0.3) is 0 Å². The number of hydrogen-bond acceptors (Lipinski definition) is 5. The third-order valence-corrected chi connectivity index (χ3v) is 3.14. The largest absolute Gasteiger partial charge is 0.370 e. The lowest BCUT2D eigenvalue weighted by Gasteiger charge is -2.10. The molecule has 2 aromatic heterocycles. The number of nitrogens with zero attached hydrogens (tertiary/aromatic N) is 3. The van der Waals surface area contributed by atoms with Gasteiger partial charge in [0.05, 0.1) is 29.7 Å². The van der Waals surface area contributed by atoms with Crippen LogP contribution in [0.4, 0.5) is 5.82 Å². The number of amides is 1. The van der Waals surface area contributed by atoms with Gasteiger partial charge < -0.3 is 10.6 Å². The first-order chi connectivity index (χ1) is 10.1. The Labute approximate surface area is 131 Å². The number of carbonyl (C=O) groups is 1. The van der Waals surface area contributed by atoms with Crippen LogP contribution in [-0.2, 0) is 6.54 Å². The molecule has 110 valence electrons. The van der Waals surface area contributed by atoms with Crippen molar-refractivity contribution < 1.29 is 4.79 Å². The maximum absolute atomic E-state index is 12.3. The first-order valence-corrected chi connectivity index (χ1v) is 7.34. The summed E-state index contributed by atoms with van der Waals surface area (Å²) in [5.74, 6) is 0.357. The lowest BCUT2D eigenvalue weighted by atomic mass is 10.2. The Morgan fingerprint density at radius 2 is 2.05 bits per heavy atom. The van der Waals surface area contributed by atoms with Gasteiger partial charge in [-0.3, -0.25) is 14.8 Å². The third kappa shape index (κ3) is 4.22. The highest BCUT2D eigenvalue weighted by Crippen LogP contribution is 2.18. The Morgan fingerprint density at radius 3 is 2.71 bits per heavy atom. The molecular weight excluding hydrogens is 334 g/mol. The van der Waals surface area contributed by atoms with E-state index in [-0.39, 0.29) is 5.91 Å². The molecule has 0 radical (unpaired) electrons. The normalized spacial score (nSPS) is 10.2. The minimum absolute atomic E-state index is 0.206. The molecule has 0 unspecified atom stereocenters. The third-order valence-electron chi connectivity index (χ3n) is 2.71. The van der Waals surface area contributed by atoms with Crippen LogP contribution < -0.4 is 10.6 Å². The molecule has 0 bridgehead atoms. The van der Waals surface area contributed by atoms with Crippen LogP contribution in [0, 0.1) is 6.92 Å². The van der Waals surface area contributed by atoms with Gasteiger partial charge >= 0.3 is 0 Å². The Balaban J connectivity index is 2.09. The maximum Gasteiger partial charge on any atom is 0.255 e. The molecule has 0 aliphatic heterocycles. The average molecular weight is 350 g/mol. The van der Waals surface area contributed by atoms with Crippen molar-refractivity contribution in [2.45, 2.75) is 20.4 Å². The summed E-state index contributed by atoms with van der Waals surface area (Å²) in [5, 5.41) is 5.89. The molecule has 0 aromatic carbocycles. The lowest BCUT2D eigenvalue weighted by Crippen LogP contribution is -2.25. The van der Waals surface area contributed by atoms with Crippen molar-refractivity contribution in [3.8, 4) is 0 Å². The molecule has 0 aliphatic carbocycles. The van der Waals surface area contributed by atoms with Crippen molar-refractivity contribution in [1.29, 1.82) is 0 Å². The molecule has 7 heteroatoms. The number of halogens is 1. The molecule has 0 saturated heterocycles. The number of anilines is 1. The van der Waals surface area contributed by atoms with E-state index in [4.69, 9.17) is 0 Å². The van der Waals surface area contributed by atoms with Gasteiger partial charge in [0.15, 0.2) is 0 Å². The van der Waals surface area contributed by atoms with Gasteiger partial charge in [-0.2, -0.15) is 0 Å². The quantitative estimate of drug-likeness (QED) is 0.865. The van der Waals surface area contributed by atoms with E-state index in [2.05, 4.69) is 41.5 Å². The van der Waals surface area contributed by atoms with E-state index in [0.717, 1.165) is 10.2 Å². The number of hydrogen-bond donors (Lipinski definition) is 2. The molecule has 0 atom stereocenters. The van der Waals surface area contributed by atoms with Crippen LogP contribution in [-0.4, -0.2) is 27.4 Å². The summed E-state index contributed by atoms with van der Waals surface area (Å²) in [6.45, 7) is 4.83. The molecule has 2 N–H and O–H groups in total. The van der Waals surface area contributed by atoms with Crippen molar-refractivity contribution in [1.82, 2.24) is 20.3 Å². The standard InChI is InChI=1S/C14H16BrN5O/c1-3-16-13-12(4-10(15)6-19-13)14(21)20-8-11-7-17-9(2)5-18-11/h4-7H,3,8H2,1-2H3,(H,16,19)(H,20,21). The zero-order chi connectivity index (χ0) is 15.2. The van der Waals surface area contributed by atoms with Gasteiger partial charge in [-0.1, -0.05) is 0 Å². The van der Waals surface area contributed by atoms with E-state index >= 15 is 0 Å². The van der Waals surface area contributed by atoms with Crippen LogP contribution in [0.5, 0.6) is 0 Å². The fraction of sp³-hybridized carbons (Fsp3) is 0.286. The van der Waals surface area contributed by atoms with E-state index in [1.54, 1.807) is 24.7 Å². The number of pyridine rings is 1. The smallest absolute Gasteiger partial charge is 0.255 e. The Bertz CT molecular complexity index is 630. The predicted octanol–water partition coefficient (Wildman–Crippen LogP) is 2.30. The monoisotopic (exact) mass is 349 g/mol. The summed E-state index contributed by atoms with van der Waals surface area (Å²) < 4.78 is 0.754. The molecule has 0 saturated carbocycles. The minimum Gasteiger partial charge on any atom is -0.370 e. The van der Waals surface area contributed by atoms with E-state index in [9.17, 15) is 4.79 Å². The molecule has 2 rings (SSSR count). The van der Waals surface area contributed by atoms with Gasteiger partial charge in [-0.25, -0.2) is 4.98 Å². The molecule has 1 amide bonds. The highest BCUT2D eigenvalue weighted by atomic mass is 79.9. The predicted molar refractivity (Wildman–Crippen MR) is 84.0 cm³/mol. The molecule has 21 heavy (non-hydrogen) atoms. The van der Waals surface area contributed by atoms with Gasteiger partial charge in [0.25, 0.3) is 5.91 Å². The Morgan fingerprint density at radius 1 is 1.24 bits per heavy atom. The fourth-order valence-corrected chi connectivity index (χ4v) is 2.03. The summed E-state index contributed by atoms with van der Waals surface area (Å²) >= 11 is 3.33. The van der Waals surface area contributed by atoms with Gasteiger partial charge in [0.2, 0.25) is 0 Å². The molecular formula is C14H16BrN5O. The SMILES string of the molecule is CCNc1ncc(Br)cc1C(=O)NCc1cnc(C)cn1. The average Bonchev–Trinajstić information content (AvgIpc) is 2.48. The molecule has 6 nitrogen and oxygen atoms in total. The molecule has 2 heterocycles. The Hall–Kier alpha value is -2.02. The number of nitrogens with one attached hydrogen (secondary N) is 2. The second kappa shape index (κ2) is 7.12. The fourth-order valence-electron chi connectivity index (χ4n) is 1.70. The van der Waals surface area contributed by atoms with E-state index in [1.165, 1.54) is 0 Å². The second-order valence-electron chi connectivity index (χ2n) is 4.41. The van der Waals surface area contributed by atoms with Gasteiger partial charge in [0, 0.05) is 23.4 Å². The van der Waals surface area contributed by atoms with Crippen molar-refractivity contribution >= 4 is 27.7 Å². The van der Waals surface area contributed by atoms with Crippen LogP contribution >= 0.6 is 15.9 Å². The lowest BCUT2D eigenvalue weighted by molar-refractivity contribution is 0.0951. The highest BCUT2D eigenvalue weighted by Gasteiger charge is 2.13. The number of aromatic nitrogens is 3. The van der Waals surface area contributed by atoms with Crippen molar-refractivity contribution in [3.63, 3.8) is 0 Å². The number of aryl methyl sites for hydroxylation is 1. The van der Waals surface area contributed by atoms with Crippen LogP contribution in [0.15, 0.2) is 29.1 Å². The summed E-state index contributed by atoms with van der Waals surface area (Å²) in [6, 6.07) is 1.74. The van der Waals surface area contributed by atoms with Crippen LogP contribution in [0.3, 0.4) is 0 Å². The van der Waals surface area contributed by atoms with Crippen LogP contribution in [0.2, 0.25) is 0 Å². The number of rotatable bonds is 5. The Kier molecular flexibility index (Phi) is 5.21. The summed E-state index contributed by atoms with van der Waals surface area (Å²) in [4.78, 5) is 24.8. The van der Waals surface area contributed by atoms with E-state index in [0.29, 0.717) is 30.2 Å². The summed E-state index contributed by atoms with van der Waals surface area (Å²) in [5.41, 5.74) is 2.05. The van der Waals surface area contributed by atoms with Crippen molar-refractivity contribution in [3.05, 3.63) is 46.1 Å². The maximum atomic E-state index is 12.3. The topological polar surface area (TPSA) is 79.8 Å². The zero-order valence-electron chi connectivity index (χ0n) is 11.9. The van der Waals surface area contributed by atoms with Gasteiger partial charge in [-0.15, -0.1) is 0 Å². The first kappa shape index (κ1) is 15.4.